The van der Waals surface area contributed by atoms with Crippen molar-refractivity contribution in [2.45, 2.75) is 32.4 Å². The standard InChI is InChI=1S/C14H18N2O/c1-14(2)7-11-10-6-9(17-3)4-5-12(10)16-13(11)8-15-14/h4-6,15-16H,7-8H2,1-3H3. The van der Waals surface area contributed by atoms with Gasteiger partial charge in [-0.2, -0.15) is 0 Å². The maximum absolute atomic E-state index is 5.31. The molecule has 0 saturated carbocycles. The van der Waals surface area contributed by atoms with Crippen LogP contribution in [0.1, 0.15) is 25.1 Å². The molecule has 0 spiro atoms. The lowest BCUT2D eigenvalue weighted by atomic mass is 9.89. The molecule has 3 heteroatoms. The topological polar surface area (TPSA) is 37.0 Å². The molecule has 0 amide bonds. The van der Waals surface area contributed by atoms with Crippen molar-refractivity contribution in [2.75, 3.05) is 7.11 Å². The lowest BCUT2D eigenvalue weighted by Gasteiger charge is -2.31. The predicted molar refractivity (Wildman–Crippen MR) is 69.5 cm³/mol. The molecule has 17 heavy (non-hydrogen) atoms. The lowest BCUT2D eigenvalue weighted by molar-refractivity contribution is 0.361. The number of aromatic nitrogens is 1. The van der Waals surface area contributed by atoms with Crippen LogP contribution in [0.25, 0.3) is 10.9 Å². The van der Waals surface area contributed by atoms with E-state index in [4.69, 9.17) is 4.74 Å². The number of aromatic amines is 1. The fraction of sp³-hybridized carbons (Fsp3) is 0.429. The van der Waals surface area contributed by atoms with Crippen molar-refractivity contribution in [2.24, 2.45) is 0 Å². The van der Waals surface area contributed by atoms with Crippen molar-refractivity contribution in [1.29, 1.82) is 0 Å². The molecule has 1 aliphatic rings. The first-order chi connectivity index (χ1) is 8.09. The highest BCUT2D eigenvalue weighted by atomic mass is 16.5. The Balaban J connectivity index is 2.19. The Morgan fingerprint density at radius 2 is 2.12 bits per heavy atom. The Labute approximate surface area is 101 Å². The number of methoxy groups -OCH3 is 1. The minimum absolute atomic E-state index is 0.172. The average molecular weight is 230 g/mol. The second-order valence-corrected chi connectivity index (χ2v) is 5.41. The molecule has 0 radical (unpaired) electrons. The van der Waals surface area contributed by atoms with E-state index in [2.05, 4.69) is 36.3 Å². The molecular weight excluding hydrogens is 212 g/mol. The smallest absolute Gasteiger partial charge is 0.119 e. The van der Waals surface area contributed by atoms with Gasteiger partial charge in [-0.15, -0.1) is 0 Å². The van der Waals surface area contributed by atoms with Crippen LogP contribution in [0.4, 0.5) is 0 Å². The SMILES string of the molecule is COc1ccc2[nH]c3c(c2c1)CC(C)(C)NC3. The third-order valence-electron chi connectivity index (χ3n) is 3.56. The van der Waals surface area contributed by atoms with Crippen molar-refractivity contribution in [3.63, 3.8) is 0 Å². The largest absolute Gasteiger partial charge is 0.497 e. The number of fused-ring (bicyclic) bond motifs is 3. The highest BCUT2D eigenvalue weighted by molar-refractivity contribution is 5.86. The number of benzene rings is 1. The Morgan fingerprint density at radius 3 is 2.88 bits per heavy atom. The van der Waals surface area contributed by atoms with Gasteiger partial charge in [0.15, 0.2) is 0 Å². The van der Waals surface area contributed by atoms with Gasteiger partial charge in [-0.1, -0.05) is 0 Å². The molecule has 1 aromatic carbocycles. The summed E-state index contributed by atoms with van der Waals surface area (Å²) in [4.78, 5) is 3.49. The molecule has 0 atom stereocenters. The van der Waals surface area contributed by atoms with Crippen LogP contribution in [0.15, 0.2) is 18.2 Å². The zero-order valence-electron chi connectivity index (χ0n) is 10.6. The van der Waals surface area contributed by atoms with Gasteiger partial charge < -0.3 is 15.0 Å². The minimum atomic E-state index is 0.172. The van der Waals surface area contributed by atoms with Crippen LogP contribution >= 0.6 is 0 Å². The quantitative estimate of drug-likeness (QED) is 0.790. The van der Waals surface area contributed by atoms with Crippen LogP contribution in [-0.2, 0) is 13.0 Å². The van der Waals surface area contributed by atoms with Gasteiger partial charge in [0.2, 0.25) is 0 Å². The summed E-state index contributed by atoms with van der Waals surface area (Å²) in [5.41, 5.74) is 4.12. The zero-order valence-corrected chi connectivity index (χ0v) is 10.6. The summed E-state index contributed by atoms with van der Waals surface area (Å²) in [6.45, 7) is 5.41. The summed E-state index contributed by atoms with van der Waals surface area (Å²) in [6, 6.07) is 6.23. The summed E-state index contributed by atoms with van der Waals surface area (Å²) < 4.78 is 5.31. The Bertz CT molecular complexity index is 569. The molecule has 0 fully saturated rings. The van der Waals surface area contributed by atoms with Crippen molar-refractivity contribution >= 4 is 10.9 Å². The van der Waals surface area contributed by atoms with Gasteiger partial charge >= 0.3 is 0 Å². The molecule has 3 nitrogen and oxygen atoms in total. The van der Waals surface area contributed by atoms with Crippen LogP contribution in [-0.4, -0.2) is 17.6 Å². The number of ether oxygens (including phenoxy) is 1. The highest BCUT2D eigenvalue weighted by Gasteiger charge is 2.27. The normalized spacial score (nSPS) is 18.1. The first-order valence-corrected chi connectivity index (χ1v) is 6.01. The van der Waals surface area contributed by atoms with E-state index in [-0.39, 0.29) is 5.54 Å². The number of H-pyrrole nitrogens is 1. The number of nitrogens with one attached hydrogen (secondary N) is 2. The molecule has 0 aliphatic carbocycles. The Hall–Kier alpha value is -1.48. The molecular formula is C14H18N2O. The van der Waals surface area contributed by atoms with Gasteiger partial charge in [-0.05, 0) is 44.0 Å². The Kier molecular flexibility index (Phi) is 2.20. The van der Waals surface area contributed by atoms with E-state index in [1.165, 1.54) is 22.2 Å². The van der Waals surface area contributed by atoms with Crippen LogP contribution in [0.2, 0.25) is 0 Å². The van der Waals surface area contributed by atoms with Crippen molar-refractivity contribution in [1.82, 2.24) is 10.3 Å². The molecule has 0 bridgehead atoms. The monoisotopic (exact) mass is 230 g/mol. The molecule has 2 N–H and O–H groups in total. The van der Waals surface area contributed by atoms with E-state index >= 15 is 0 Å². The fourth-order valence-corrected chi connectivity index (χ4v) is 2.59. The molecule has 2 aromatic rings. The van der Waals surface area contributed by atoms with Gasteiger partial charge in [0, 0.05) is 28.7 Å². The fourth-order valence-electron chi connectivity index (χ4n) is 2.59. The van der Waals surface area contributed by atoms with Crippen molar-refractivity contribution in [3.05, 3.63) is 29.5 Å². The average Bonchev–Trinajstić information content (AvgIpc) is 2.65. The van der Waals surface area contributed by atoms with Crippen LogP contribution in [0.5, 0.6) is 5.75 Å². The van der Waals surface area contributed by atoms with Gasteiger partial charge in [-0.25, -0.2) is 0 Å². The van der Waals surface area contributed by atoms with Gasteiger partial charge in [-0.3, -0.25) is 0 Å². The van der Waals surface area contributed by atoms with E-state index in [0.717, 1.165) is 18.7 Å². The molecule has 0 unspecified atom stereocenters. The number of rotatable bonds is 1. The van der Waals surface area contributed by atoms with E-state index in [9.17, 15) is 0 Å². The molecule has 3 rings (SSSR count). The first kappa shape index (κ1) is 10.7. The number of hydrogen-bond acceptors (Lipinski definition) is 2. The van der Waals surface area contributed by atoms with E-state index in [1.54, 1.807) is 7.11 Å². The molecule has 2 heterocycles. The van der Waals surface area contributed by atoms with Crippen LogP contribution in [0.3, 0.4) is 0 Å². The third kappa shape index (κ3) is 1.71. The minimum Gasteiger partial charge on any atom is -0.497 e. The molecule has 1 aromatic heterocycles. The third-order valence-corrected chi connectivity index (χ3v) is 3.56. The highest BCUT2D eigenvalue weighted by Crippen LogP contribution is 2.32. The summed E-state index contributed by atoms with van der Waals surface area (Å²) in [5, 5.41) is 4.84. The van der Waals surface area contributed by atoms with Crippen molar-refractivity contribution in [3.8, 4) is 5.75 Å². The summed E-state index contributed by atoms with van der Waals surface area (Å²) in [7, 11) is 1.71. The zero-order chi connectivity index (χ0) is 12.0. The van der Waals surface area contributed by atoms with Gasteiger partial charge in [0.05, 0.1) is 7.11 Å². The second kappa shape index (κ2) is 3.50. The van der Waals surface area contributed by atoms with Crippen LogP contribution in [0, 0.1) is 0 Å². The maximum Gasteiger partial charge on any atom is 0.119 e. The molecule has 0 saturated heterocycles. The van der Waals surface area contributed by atoms with E-state index in [0.29, 0.717) is 0 Å². The van der Waals surface area contributed by atoms with E-state index in [1.807, 2.05) is 6.07 Å². The molecule has 90 valence electrons. The van der Waals surface area contributed by atoms with Gasteiger partial charge in [0.25, 0.3) is 0 Å². The predicted octanol–water partition coefficient (Wildman–Crippen LogP) is 2.60. The molecule has 1 aliphatic heterocycles. The lowest BCUT2D eigenvalue weighted by Crippen LogP contribution is -2.44. The van der Waals surface area contributed by atoms with Gasteiger partial charge in [0.1, 0.15) is 5.75 Å². The summed E-state index contributed by atoms with van der Waals surface area (Å²) in [6.07, 6.45) is 1.05. The second-order valence-electron chi connectivity index (χ2n) is 5.41. The maximum atomic E-state index is 5.31. The number of hydrogen-bond donors (Lipinski definition) is 2. The van der Waals surface area contributed by atoms with E-state index < -0.39 is 0 Å². The first-order valence-electron chi connectivity index (χ1n) is 6.01. The Morgan fingerprint density at radius 1 is 1.29 bits per heavy atom. The van der Waals surface area contributed by atoms with Crippen molar-refractivity contribution < 1.29 is 4.74 Å². The van der Waals surface area contributed by atoms with Crippen LogP contribution < -0.4 is 10.1 Å². The summed E-state index contributed by atoms with van der Waals surface area (Å²) >= 11 is 0. The summed E-state index contributed by atoms with van der Waals surface area (Å²) in [5.74, 6) is 0.927.